The summed E-state index contributed by atoms with van der Waals surface area (Å²) < 4.78 is 43.5. The molecule has 20 heavy (non-hydrogen) atoms. The van der Waals surface area contributed by atoms with Gasteiger partial charge in [0.1, 0.15) is 11.4 Å². The molecule has 0 saturated heterocycles. The number of fused-ring (bicyclic) bond motifs is 1. The van der Waals surface area contributed by atoms with Crippen LogP contribution in [0.4, 0.5) is 13.2 Å². The maximum atomic E-state index is 12.2. The Morgan fingerprint density at radius 1 is 1.45 bits per heavy atom. The SMILES string of the molecule is CC1(CCCC(F)(F)F)C[C@H](N)c2cc(Br)ccc2O1. The summed E-state index contributed by atoms with van der Waals surface area (Å²) in [5, 5.41) is 0. The lowest BCUT2D eigenvalue weighted by atomic mass is 9.85. The van der Waals surface area contributed by atoms with E-state index in [0.29, 0.717) is 18.6 Å². The molecule has 1 heterocycles. The van der Waals surface area contributed by atoms with Crippen LogP contribution < -0.4 is 10.5 Å². The lowest BCUT2D eigenvalue weighted by Gasteiger charge is -2.39. The molecule has 2 N–H and O–H groups in total. The van der Waals surface area contributed by atoms with E-state index in [2.05, 4.69) is 15.9 Å². The van der Waals surface area contributed by atoms with Gasteiger partial charge in [-0.1, -0.05) is 15.9 Å². The molecule has 1 unspecified atom stereocenters. The normalized spacial score (nSPS) is 26.0. The van der Waals surface area contributed by atoms with Crippen LogP contribution in [-0.4, -0.2) is 11.8 Å². The zero-order valence-corrected chi connectivity index (χ0v) is 12.7. The second kappa shape index (κ2) is 5.56. The first-order valence-electron chi connectivity index (χ1n) is 6.49. The van der Waals surface area contributed by atoms with E-state index in [4.69, 9.17) is 10.5 Å². The standard InChI is InChI=1S/C14H17BrF3NO/c1-13(5-2-6-14(16,17)18)8-11(19)10-7-9(15)3-4-12(10)20-13/h3-4,7,11H,2,5-6,8,19H2,1H3/t11-,13?/m0/s1. The van der Waals surface area contributed by atoms with Gasteiger partial charge >= 0.3 is 6.18 Å². The predicted molar refractivity (Wildman–Crippen MR) is 74.6 cm³/mol. The van der Waals surface area contributed by atoms with Crippen LogP contribution in [0.3, 0.4) is 0 Å². The second-order valence-electron chi connectivity index (χ2n) is 5.51. The molecule has 2 rings (SSSR count). The highest BCUT2D eigenvalue weighted by Crippen LogP contribution is 2.42. The quantitative estimate of drug-likeness (QED) is 0.854. The van der Waals surface area contributed by atoms with E-state index in [-0.39, 0.29) is 12.5 Å². The van der Waals surface area contributed by atoms with Crippen molar-refractivity contribution in [3.8, 4) is 5.75 Å². The number of ether oxygens (including phenoxy) is 1. The molecule has 0 aliphatic carbocycles. The van der Waals surface area contributed by atoms with Crippen molar-refractivity contribution in [2.45, 2.75) is 50.4 Å². The van der Waals surface area contributed by atoms with Crippen LogP contribution in [-0.2, 0) is 0 Å². The molecule has 0 fully saturated rings. The second-order valence-corrected chi connectivity index (χ2v) is 6.43. The van der Waals surface area contributed by atoms with Crippen LogP contribution in [0.5, 0.6) is 5.75 Å². The molecular formula is C14H17BrF3NO. The van der Waals surface area contributed by atoms with Gasteiger partial charge in [0.2, 0.25) is 0 Å². The van der Waals surface area contributed by atoms with E-state index in [1.165, 1.54) is 0 Å². The van der Waals surface area contributed by atoms with Gasteiger partial charge in [0.25, 0.3) is 0 Å². The lowest BCUT2D eigenvalue weighted by Crippen LogP contribution is -2.40. The van der Waals surface area contributed by atoms with Gasteiger partial charge in [-0.2, -0.15) is 13.2 Å². The summed E-state index contributed by atoms with van der Waals surface area (Å²) in [6.07, 6.45) is -3.98. The van der Waals surface area contributed by atoms with E-state index >= 15 is 0 Å². The Labute approximate surface area is 124 Å². The first-order valence-corrected chi connectivity index (χ1v) is 7.29. The maximum Gasteiger partial charge on any atom is 0.389 e. The summed E-state index contributed by atoms with van der Waals surface area (Å²) in [6, 6.07) is 5.33. The summed E-state index contributed by atoms with van der Waals surface area (Å²) >= 11 is 3.37. The van der Waals surface area contributed by atoms with Gasteiger partial charge < -0.3 is 10.5 Å². The minimum absolute atomic E-state index is 0.0541. The molecule has 1 aliphatic rings. The topological polar surface area (TPSA) is 35.2 Å². The Morgan fingerprint density at radius 3 is 2.80 bits per heavy atom. The Kier molecular flexibility index (Phi) is 4.35. The molecule has 2 atom stereocenters. The lowest BCUT2D eigenvalue weighted by molar-refractivity contribution is -0.137. The van der Waals surface area contributed by atoms with Crippen molar-refractivity contribution in [3.63, 3.8) is 0 Å². The highest BCUT2D eigenvalue weighted by Gasteiger charge is 2.37. The van der Waals surface area contributed by atoms with Crippen molar-refractivity contribution in [1.82, 2.24) is 0 Å². The fourth-order valence-electron chi connectivity index (χ4n) is 2.60. The van der Waals surface area contributed by atoms with Gasteiger partial charge in [-0.3, -0.25) is 0 Å². The smallest absolute Gasteiger partial charge is 0.389 e. The molecule has 1 aromatic carbocycles. The van der Waals surface area contributed by atoms with Gasteiger partial charge in [0, 0.05) is 28.9 Å². The first kappa shape index (κ1) is 15.6. The number of alkyl halides is 3. The molecule has 0 spiro atoms. The Morgan fingerprint density at radius 2 is 2.15 bits per heavy atom. The van der Waals surface area contributed by atoms with E-state index in [1.807, 2.05) is 19.1 Å². The Balaban J connectivity index is 2.06. The number of hydrogen-bond donors (Lipinski definition) is 1. The predicted octanol–water partition coefficient (Wildman–Crippen LogP) is 4.72. The van der Waals surface area contributed by atoms with Crippen molar-refractivity contribution in [2.24, 2.45) is 5.73 Å². The molecule has 0 aromatic heterocycles. The Hall–Kier alpha value is -0.750. The summed E-state index contributed by atoms with van der Waals surface area (Å²) in [7, 11) is 0. The number of nitrogens with two attached hydrogens (primary N) is 1. The highest BCUT2D eigenvalue weighted by molar-refractivity contribution is 9.10. The summed E-state index contributed by atoms with van der Waals surface area (Å²) in [5.74, 6) is 0.668. The molecule has 1 aromatic rings. The van der Waals surface area contributed by atoms with Crippen molar-refractivity contribution >= 4 is 15.9 Å². The third-order valence-electron chi connectivity index (χ3n) is 3.55. The number of rotatable bonds is 3. The van der Waals surface area contributed by atoms with Crippen LogP contribution in [0, 0.1) is 0 Å². The highest BCUT2D eigenvalue weighted by atomic mass is 79.9. The minimum Gasteiger partial charge on any atom is -0.487 e. The molecular weight excluding hydrogens is 335 g/mol. The molecule has 0 radical (unpaired) electrons. The molecule has 0 bridgehead atoms. The van der Waals surface area contributed by atoms with Gasteiger partial charge in [0.05, 0.1) is 0 Å². The zero-order chi connectivity index (χ0) is 15.0. The molecule has 0 amide bonds. The average molecular weight is 352 g/mol. The maximum absolute atomic E-state index is 12.2. The van der Waals surface area contributed by atoms with Crippen molar-refractivity contribution in [2.75, 3.05) is 0 Å². The van der Waals surface area contributed by atoms with E-state index in [9.17, 15) is 13.2 Å². The minimum atomic E-state index is -4.12. The van der Waals surface area contributed by atoms with E-state index in [1.54, 1.807) is 6.07 Å². The third kappa shape index (κ3) is 3.88. The largest absolute Gasteiger partial charge is 0.487 e. The summed E-state index contributed by atoms with van der Waals surface area (Å²) in [6.45, 7) is 1.83. The van der Waals surface area contributed by atoms with Gasteiger partial charge in [-0.15, -0.1) is 0 Å². The summed E-state index contributed by atoms with van der Waals surface area (Å²) in [5.41, 5.74) is 6.39. The van der Waals surface area contributed by atoms with Crippen LogP contribution >= 0.6 is 15.9 Å². The molecule has 1 aliphatic heterocycles. The fraction of sp³-hybridized carbons (Fsp3) is 0.571. The van der Waals surface area contributed by atoms with Crippen LogP contribution in [0.25, 0.3) is 0 Å². The Bertz CT molecular complexity index is 492. The molecule has 112 valence electrons. The van der Waals surface area contributed by atoms with Gasteiger partial charge in [0.15, 0.2) is 0 Å². The molecule has 6 heteroatoms. The van der Waals surface area contributed by atoms with Gasteiger partial charge in [-0.25, -0.2) is 0 Å². The third-order valence-corrected chi connectivity index (χ3v) is 4.04. The van der Waals surface area contributed by atoms with Crippen LogP contribution in [0.2, 0.25) is 0 Å². The number of hydrogen-bond acceptors (Lipinski definition) is 2. The zero-order valence-electron chi connectivity index (χ0n) is 11.1. The number of halogens is 4. The summed E-state index contributed by atoms with van der Waals surface area (Å²) in [4.78, 5) is 0. The van der Waals surface area contributed by atoms with Gasteiger partial charge in [-0.05, 0) is 38.0 Å². The molecule has 2 nitrogen and oxygen atoms in total. The average Bonchev–Trinajstić information content (AvgIpc) is 2.28. The molecule has 0 saturated carbocycles. The van der Waals surface area contributed by atoms with E-state index < -0.39 is 18.2 Å². The van der Waals surface area contributed by atoms with Crippen LogP contribution in [0.15, 0.2) is 22.7 Å². The fourth-order valence-corrected chi connectivity index (χ4v) is 2.98. The van der Waals surface area contributed by atoms with Crippen LogP contribution in [0.1, 0.15) is 44.2 Å². The van der Waals surface area contributed by atoms with Crippen molar-refractivity contribution in [1.29, 1.82) is 0 Å². The number of benzene rings is 1. The van der Waals surface area contributed by atoms with E-state index in [0.717, 1.165) is 10.0 Å². The van der Waals surface area contributed by atoms with Crippen molar-refractivity contribution in [3.05, 3.63) is 28.2 Å². The first-order chi connectivity index (χ1) is 9.19. The monoisotopic (exact) mass is 351 g/mol. The van der Waals surface area contributed by atoms with Crippen molar-refractivity contribution < 1.29 is 17.9 Å².